The van der Waals surface area contributed by atoms with Crippen LogP contribution >= 0.6 is 11.6 Å². The number of fused-ring (bicyclic) bond motifs is 2. The van der Waals surface area contributed by atoms with Gasteiger partial charge in [-0.05, 0) is 60.6 Å². The molecular formula is C25H24ClF3N4O4. The molecule has 0 saturated carbocycles. The van der Waals surface area contributed by atoms with Gasteiger partial charge in [0, 0.05) is 43.0 Å². The average molecular weight is 537 g/mol. The number of halogens is 4. The van der Waals surface area contributed by atoms with Crippen LogP contribution in [0.25, 0.3) is 22.2 Å². The standard InChI is InChI=1S/C25H24ClF3N4O4/c1-24(37,25(27,28)29)22(34)32-6-4-13-7-14(15-9-17-19(26)11-31-21(17)30-10-15)8-16(18(13)12-32)20-3-2-5-33(20)23(35)36/h7-11,20,37H,2-6,12H2,1H3,(H,30,31)(H,35,36)/t20-,24-/m0/s1. The second-order valence-electron chi connectivity index (χ2n) is 9.64. The molecule has 0 bridgehead atoms. The monoisotopic (exact) mass is 536 g/mol. The fraction of sp³-hybridized carbons (Fsp3) is 0.400. The van der Waals surface area contributed by atoms with Crippen LogP contribution in [-0.2, 0) is 17.8 Å². The van der Waals surface area contributed by atoms with E-state index in [4.69, 9.17) is 11.6 Å². The van der Waals surface area contributed by atoms with Crippen LogP contribution in [0.1, 0.15) is 42.5 Å². The van der Waals surface area contributed by atoms with Crippen LogP contribution in [0.5, 0.6) is 0 Å². The van der Waals surface area contributed by atoms with Crippen LogP contribution in [-0.4, -0.2) is 66.8 Å². The summed E-state index contributed by atoms with van der Waals surface area (Å²) in [5.74, 6) is -1.43. The van der Waals surface area contributed by atoms with E-state index in [-0.39, 0.29) is 19.5 Å². The highest BCUT2D eigenvalue weighted by Crippen LogP contribution is 2.41. The van der Waals surface area contributed by atoms with Crippen molar-refractivity contribution in [2.45, 2.75) is 50.6 Å². The molecule has 4 heterocycles. The molecule has 0 spiro atoms. The number of carbonyl (C=O) groups is 2. The second kappa shape index (κ2) is 8.91. The van der Waals surface area contributed by atoms with Gasteiger partial charge in [-0.1, -0.05) is 17.7 Å². The Morgan fingerprint density at radius 3 is 2.65 bits per heavy atom. The van der Waals surface area contributed by atoms with E-state index >= 15 is 0 Å². The maximum absolute atomic E-state index is 13.4. The lowest BCUT2D eigenvalue weighted by molar-refractivity contribution is -0.250. The Balaban J connectivity index is 1.60. The molecule has 0 aliphatic carbocycles. The number of rotatable bonds is 3. The Bertz CT molecular complexity index is 1400. The minimum Gasteiger partial charge on any atom is -0.465 e. The van der Waals surface area contributed by atoms with Gasteiger partial charge in [-0.3, -0.25) is 4.79 Å². The molecular weight excluding hydrogens is 513 g/mol. The van der Waals surface area contributed by atoms with Crippen molar-refractivity contribution < 1.29 is 33.0 Å². The minimum absolute atomic E-state index is 0.0187. The van der Waals surface area contributed by atoms with E-state index in [9.17, 15) is 33.0 Å². The molecule has 8 nitrogen and oxygen atoms in total. The summed E-state index contributed by atoms with van der Waals surface area (Å²) < 4.78 is 40.1. The number of hydrogen-bond donors (Lipinski definition) is 3. The number of alkyl halides is 3. The van der Waals surface area contributed by atoms with Gasteiger partial charge in [-0.2, -0.15) is 13.2 Å². The number of carboxylic acid groups (broad SMARTS) is 1. The Morgan fingerprint density at radius 1 is 1.19 bits per heavy atom. The first-order valence-corrected chi connectivity index (χ1v) is 12.1. The maximum Gasteiger partial charge on any atom is 0.426 e. The van der Waals surface area contributed by atoms with Crippen molar-refractivity contribution >= 4 is 34.6 Å². The lowest BCUT2D eigenvalue weighted by Crippen LogP contribution is -2.56. The minimum atomic E-state index is -5.13. The Morgan fingerprint density at radius 2 is 1.95 bits per heavy atom. The molecule has 196 valence electrons. The van der Waals surface area contributed by atoms with Crippen molar-refractivity contribution in [3.8, 4) is 11.1 Å². The van der Waals surface area contributed by atoms with Gasteiger partial charge in [0.2, 0.25) is 5.60 Å². The number of nitrogens with one attached hydrogen (secondary N) is 1. The highest BCUT2D eigenvalue weighted by molar-refractivity contribution is 6.35. The quantitative estimate of drug-likeness (QED) is 0.441. The molecule has 12 heteroatoms. The summed E-state index contributed by atoms with van der Waals surface area (Å²) in [6.45, 7) is 0.597. The molecule has 1 saturated heterocycles. The van der Waals surface area contributed by atoms with Gasteiger partial charge in [0.05, 0.1) is 11.1 Å². The van der Waals surface area contributed by atoms with Gasteiger partial charge in [-0.15, -0.1) is 0 Å². The smallest absolute Gasteiger partial charge is 0.426 e. The van der Waals surface area contributed by atoms with Gasteiger partial charge in [-0.25, -0.2) is 9.78 Å². The fourth-order valence-electron chi connectivity index (χ4n) is 5.21. The van der Waals surface area contributed by atoms with Crippen LogP contribution in [0.15, 0.2) is 30.6 Å². The number of nitrogens with zero attached hydrogens (tertiary/aromatic N) is 3. The van der Waals surface area contributed by atoms with Gasteiger partial charge in [0.25, 0.3) is 5.91 Å². The number of aliphatic hydroxyl groups is 1. The first-order valence-electron chi connectivity index (χ1n) is 11.7. The number of amides is 2. The maximum atomic E-state index is 13.4. The van der Waals surface area contributed by atoms with E-state index < -0.39 is 29.8 Å². The second-order valence-corrected chi connectivity index (χ2v) is 10.0. The van der Waals surface area contributed by atoms with Crippen molar-refractivity contribution in [2.75, 3.05) is 13.1 Å². The molecule has 2 aliphatic rings. The van der Waals surface area contributed by atoms with E-state index in [1.54, 1.807) is 12.4 Å². The number of aromatic amines is 1. The van der Waals surface area contributed by atoms with E-state index in [0.717, 1.165) is 27.0 Å². The van der Waals surface area contributed by atoms with Gasteiger partial charge < -0.3 is 25.0 Å². The normalized spacial score (nSPS) is 19.7. The summed E-state index contributed by atoms with van der Waals surface area (Å²) in [5, 5.41) is 21.0. The molecule has 2 amide bonds. The topological polar surface area (TPSA) is 110 Å². The third-order valence-electron chi connectivity index (χ3n) is 7.30. The van der Waals surface area contributed by atoms with E-state index in [1.165, 1.54) is 4.90 Å². The molecule has 0 radical (unpaired) electrons. The zero-order chi connectivity index (χ0) is 26.7. The Labute approximate surface area is 214 Å². The summed E-state index contributed by atoms with van der Waals surface area (Å²) in [6.07, 6.45) is -1.50. The summed E-state index contributed by atoms with van der Waals surface area (Å²) in [5.41, 5.74) is 0.648. The number of pyridine rings is 1. The molecule has 1 fully saturated rings. The summed E-state index contributed by atoms with van der Waals surface area (Å²) in [7, 11) is 0. The van der Waals surface area contributed by atoms with Crippen LogP contribution in [0, 0.1) is 0 Å². The summed E-state index contributed by atoms with van der Waals surface area (Å²) in [4.78, 5) is 34.4. The first kappa shape index (κ1) is 25.3. The molecule has 1 aromatic carbocycles. The van der Waals surface area contributed by atoms with Crippen molar-refractivity contribution in [1.82, 2.24) is 19.8 Å². The van der Waals surface area contributed by atoms with Crippen molar-refractivity contribution in [2.24, 2.45) is 0 Å². The molecule has 2 aliphatic heterocycles. The summed E-state index contributed by atoms with van der Waals surface area (Å²) >= 11 is 6.27. The predicted octanol–water partition coefficient (Wildman–Crippen LogP) is 4.90. The zero-order valence-corrected chi connectivity index (χ0v) is 20.5. The van der Waals surface area contributed by atoms with Crippen LogP contribution < -0.4 is 0 Å². The number of benzene rings is 1. The number of likely N-dealkylation sites (tertiary alicyclic amines) is 1. The molecule has 2 aromatic heterocycles. The Hall–Kier alpha value is -3.31. The molecule has 3 aromatic rings. The molecule has 2 atom stereocenters. The predicted molar refractivity (Wildman–Crippen MR) is 129 cm³/mol. The van der Waals surface area contributed by atoms with Gasteiger partial charge >= 0.3 is 12.3 Å². The number of H-pyrrole nitrogens is 1. The van der Waals surface area contributed by atoms with Crippen LogP contribution in [0.4, 0.5) is 18.0 Å². The summed E-state index contributed by atoms with van der Waals surface area (Å²) in [6, 6.07) is 5.07. The highest BCUT2D eigenvalue weighted by atomic mass is 35.5. The largest absolute Gasteiger partial charge is 0.465 e. The van der Waals surface area contributed by atoms with Crippen molar-refractivity contribution in [3.63, 3.8) is 0 Å². The molecule has 3 N–H and O–H groups in total. The molecule has 37 heavy (non-hydrogen) atoms. The third kappa shape index (κ3) is 4.29. The van der Waals surface area contributed by atoms with Gasteiger partial charge in [0.1, 0.15) is 5.65 Å². The van der Waals surface area contributed by atoms with E-state index in [0.29, 0.717) is 48.1 Å². The average Bonchev–Trinajstić information content (AvgIpc) is 3.49. The Kier molecular flexibility index (Phi) is 6.11. The molecule has 5 rings (SSSR count). The van der Waals surface area contributed by atoms with Crippen LogP contribution in [0.2, 0.25) is 5.02 Å². The van der Waals surface area contributed by atoms with Crippen molar-refractivity contribution in [1.29, 1.82) is 0 Å². The fourth-order valence-corrected chi connectivity index (χ4v) is 5.41. The van der Waals surface area contributed by atoms with Crippen molar-refractivity contribution in [3.05, 3.63) is 52.3 Å². The number of aromatic nitrogens is 2. The lowest BCUT2D eigenvalue weighted by Gasteiger charge is -2.37. The van der Waals surface area contributed by atoms with E-state index in [1.807, 2.05) is 18.2 Å². The van der Waals surface area contributed by atoms with E-state index in [2.05, 4.69) is 9.97 Å². The van der Waals surface area contributed by atoms with Crippen LogP contribution in [0.3, 0.4) is 0 Å². The first-order chi connectivity index (χ1) is 17.4. The lowest BCUT2D eigenvalue weighted by atomic mass is 9.86. The van der Waals surface area contributed by atoms with Gasteiger partial charge in [0.15, 0.2) is 0 Å². The third-order valence-corrected chi connectivity index (χ3v) is 7.62. The molecule has 0 unspecified atom stereocenters. The zero-order valence-electron chi connectivity index (χ0n) is 19.8. The number of carbonyl (C=O) groups excluding carboxylic acids is 1. The highest BCUT2D eigenvalue weighted by Gasteiger charge is 2.57. The SMILES string of the molecule is C[C@](O)(C(=O)N1CCc2cc(-c3cnc4[nH]cc(Cl)c4c3)cc([C@@H]3CCCN3C(=O)O)c2C1)C(F)(F)F. The number of hydrogen-bond acceptors (Lipinski definition) is 4.